The van der Waals surface area contributed by atoms with E-state index in [2.05, 4.69) is 12.2 Å². The van der Waals surface area contributed by atoms with E-state index in [4.69, 9.17) is 16.3 Å². The van der Waals surface area contributed by atoms with Gasteiger partial charge in [0.1, 0.15) is 5.75 Å². The van der Waals surface area contributed by atoms with Crippen molar-refractivity contribution in [1.82, 2.24) is 4.90 Å². The molecule has 0 aromatic heterocycles. The van der Waals surface area contributed by atoms with Crippen LogP contribution < -0.4 is 10.1 Å². The predicted octanol–water partition coefficient (Wildman–Crippen LogP) is 2.89. The Morgan fingerprint density at radius 2 is 2.09 bits per heavy atom. The second kappa shape index (κ2) is 9.58. The van der Waals surface area contributed by atoms with Crippen molar-refractivity contribution in [2.24, 2.45) is 0 Å². The van der Waals surface area contributed by atoms with E-state index in [0.717, 1.165) is 11.5 Å². The van der Waals surface area contributed by atoms with E-state index in [-0.39, 0.29) is 18.4 Å². The summed E-state index contributed by atoms with van der Waals surface area (Å²) in [6, 6.07) is 4.95. The summed E-state index contributed by atoms with van der Waals surface area (Å²) in [7, 11) is 3.31. The molecule has 1 N–H and O–H groups in total. The van der Waals surface area contributed by atoms with Crippen molar-refractivity contribution < 1.29 is 14.3 Å². The van der Waals surface area contributed by atoms with Gasteiger partial charge in [-0.3, -0.25) is 9.59 Å². The van der Waals surface area contributed by atoms with Crippen molar-refractivity contribution >= 4 is 40.9 Å². The Kier molecular flexibility index (Phi) is 8.12. The van der Waals surface area contributed by atoms with Crippen LogP contribution in [0.5, 0.6) is 5.75 Å². The van der Waals surface area contributed by atoms with Gasteiger partial charge >= 0.3 is 0 Å². The third-order valence-corrected chi connectivity index (χ3v) is 3.94. The van der Waals surface area contributed by atoms with Gasteiger partial charge < -0.3 is 15.0 Å². The highest BCUT2D eigenvalue weighted by Crippen LogP contribution is 2.27. The average Bonchev–Trinajstić information content (AvgIpc) is 2.46. The summed E-state index contributed by atoms with van der Waals surface area (Å²) < 4.78 is 5.36. The highest BCUT2D eigenvalue weighted by Gasteiger charge is 2.09. The van der Waals surface area contributed by atoms with Crippen LogP contribution in [-0.4, -0.2) is 48.9 Å². The number of thioether (sulfide) groups is 1. The Hall–Kier alpha value is -1.40. The highest BCUT2D eigenvalue weighted by atomic mass is 35.5. The maximum atomic E-state index is 11.7. The molecule has 0 saturated carbocycles. The summed E-state index contributed by atoms with van der Waals surface area (Å²) in [6.07, 6.45) is 0.464. The maximum Gasteiger partial charge on any atom is 0.259 e. The molecule has 1 rings (SSSR count). The molecule has 0 aliphatic carbocycles. The first-order chi connectivity index (χ1) is 10.4. The Labute approximate surface area is 140 Å². The average molecular weight is 345 g/mol. The third kappa shape index (κ3) is 6.58. The number of amides is 2. The fourth-order valence-electron chi connectivity index (χ4n) is 1.50. The van der Waals surface area contributed by atoms with Crippen LogP contribution in [0.1, 0.15) is 13.3 Å². The Balaban J connectivity index is 2.54. The van der Waals surface area contributed by atoms with Crippen LogP contribution in [0.4, 0.5) is 5.69 Å². The lowest BCUT2D eigenvalue weighted by Gasteiger charge is -2.13. The molecule has 1 aromatic rings. The molecule has 22 heavy (non-hydrogen) atoms. The van der Waals surface area contributed by atoms with Gasteiger partial charge in [0.15, 0.2) is 6.61 Å². The first-order valence-corrected chi connectivity index (χ1v) is 8.47. The zero-order chi connectivity index (χ0) is 16.5. The van der Waals surface area contributed by atoms with E-state index in [1.54, 1.807) is 44.1 Å². The number of nitrogens with one attached hydrogen (secondary N) is 1. The monoisotopic (exact) mass is 344 g/mol. The number of rotatable bonds is 8. The smallest absolute Gasteiger partial charge is 0.259 e. The van der Waals surface area contributed by atoms with Crippen LogP contribution in [0.25, 0.3) is 0 Å². The Morgan fingerprint density at radius 3 is 2.68 bits per heavy atom. The van der Waals surface area contributed by atoms with Crippen LogP contribution in [0, 0.1) is 0 Å². The standard InChI is InChI=1S/C15H21ClN2O3S/c1-4-22-8-7-14(19)17-11-5-6-13(12(16)9-11)21-10-15(20)18(2)3/h5-6,9H,4,7-8,10H2,1-3H3,(H,17,19). The molecule has 0 saturated heterocycles. The normalized spacial score (nSPS) is 10.2. The van der Waals surface area contributed by atoms with Crippen molar-refractivity contribution in [3.63, 3.8) is 0 Å². The molecule has 0 radical (unpaired) electrons. The van der Waals surface area contributed by atoms with E-state index >= 15 is 0 Å². The van der Waals surface area contributed by atoms with Crippen molar-refractivity contribution in [3.8, 4) is 5.75 Å². The van der Waals surface area contributed by atoms with Crippen LogP contribution in [0.15, 0.2) is 18.2 Å². The second-order valence-electron chi connectivity index (χ2n) is 4.72. The minimum absolute atomic E-state index is 0.0477. The topological polar surface area (TPSA) is 58.6 Å². The molecule has 2 amide bonds. The number of ether oxygens (including phenoxy) is 1. The Morgan fingerprint density at radius 1 is 1.36 bits per heavy atom. The van der Waals surface area contributed by atoms with Gasteiger partial charge in [0.05, 0.1) is 5.02 Å². The van der Waals surface area contributed by atoms with Gasteiger partial charge in [-0.1, -0.05) is 18.5 Å². The van der Waals surface area contributed by atoms with Crippen molar-refractivity contribution in [1.29, 1.82) is 0 Å². The zero-order valence-electron chi connectivity index (χ0n) is 13.0. The molecule has 0 atom stereocenters. The van der Waals surface area contributed by atoms with Gasteiger partial charge in [-0.15, -0.1) is 0 Å². The summed E-state index contributed by atoms with van der Waals surface area (Å²) in [5, 5.41) is 3.14. The number of likely N-dealkylation sites (N-methyl/N-ethyl adjacent to an activating group) is 1. The molecule has 122 valence electrons. The summed E-state index contributed by atoms with van der Waals surface area (Å²) in [4.78, 5) is 24.6. The van der Waals surface area contributed by atoms with Gasteiger partial charge in [-0.05, 0) is 24.0 Å². The Bertz CT molecular complexity index is 524. The number of anilines is 1. The van der Waals surface area contributed by atoms with Crippen LogP contribution >= 0.6 is 23.4 Å². The number of hydrogen-bond acceptors (Lipinski definition) is 4. The lowest BCUT2D eigenvalue weighted by atomic mass is 10.3. The van der Waals surface area contributed by atoms with E-state index < -0.39 is 0 Å². The number of nitrogens with zero attached hydrogens (tertiary/aromatic N) is 1. The number of carbonyl (C=O) groups excluding carboxylic acids is 2. The molecule has 0 unspecified atom stereocenters. The van der Waals surface area contributed by atoms with Crippen molar-refractivity contribution in [3.05, 3.63) is 23.2 Å². The predicted molar refractivity (Wildman–Crippen MR) is 91.9 cm³/mol. The summed E-state index contributed by atoms with van der Waals surface area (Å²) in [5.74, 6) is 2.01. The van der Waals surface area contributed by atoms with Crippen molar-refractivity contribution in [2.75, 3.05) is 37.5 Å². The summed E-state index contributed by atoms with van der Waals surface area (Å²) >= 11 is 7.82. The van der Waals surface area contributed by atoms with Gasteiger partial charge in [0.2, 0.25) is 5.91 Å². The molecule has 5 nitrogen and oxygen atoms in total. The third-order valence-electron chi connectivity index (χ3n) is 2.74. The first kappa shape index (κ1) is 18.6. The number of carbonyl (C=O) groups is 2. The fourth-order valence-corrected chi connectivity index (χ4v) is 2.35. The highest BCUT2D eigenvalue weighted by molar-refractivity contribution is 7.99. The molecular weight excluding hydrogens is 324 g/mol. The van der Waals surface area contributed by atoms with E-state index in [1.807, 2.05) is 0 Å². The largest absolute Gasteiger partial charge is 0.482 e. The quantitative estimate of drug-likeness (QED) is 0.737. The second-order valence-corrected chi connectivity index (χ2v) is 6.52. The molecule has 0 bridgehead atoms. The molecular formula is C15H21ClN2O3S. The number of benzene rings is 1. The molecule has 0 aliphatic rings. The molecule has 0 spiro atoms. The summed E-state index contributed by atoms with van der Waals surface area (Å²) in [5.41, 5.74) is 0.614. The molecule has 0 fully saturated rings. The van der Waals surface area contributed by atoms with E-state index in [1.165, 1.54) is 4.90 Å². The van der Waals surface area contributed by atoms with Crippen LogP contribution in [-0.2, 0) is 9.59 Å². The lowest BCUT2D eigenvalue weighted by Crippen LogP contribution is -2.27. The van der Waals surface area contributed by atoms with Gasteiger partial charge in [-0.2, -0.15) is 11.8 Å². The molecule has 1 aromatic carbocycles. The number of halogens is 1. The maximum absolute atomic E-state index is 11.7. The van der Waals surface area contributed by atoms with E-state index in [0.29, 0.717) is 22.9 Å². The van der Waals surface area contributed by atoms with Crippen molar-refractivity contribution in [2.45, 2.75) is 13.3 Å². The molecule has 0 heterocycles. The summed E-state index contributed by atoms with van der Waals surface area (Å²) in [6.45, 7) is 1.98. The lowest BCUT2D eigenvalue weighted by molar-refractivity contribution is -0.130. The fraction of sp³-hybridized carbons (Fsp3) is 0.467. The molecule has 0 aliphatic heterocycles. The first-order valence-electron chi connectivity index (χ1n) is 6.94. The zero-order valence-corrected chi connectivity index (χ0v) is 14.6. The SMILES string of the molecule is CCSCCC(=O)Nc1ccc(OCC(=O)N(C)C)c(Cl)c1. The van der Waals surface area contributed by atoms with E-state index in [9.17, 15) is 9.59 Å². The molecule has 7 heteroatoms. The van der Waals surface area contributed by atoms with Crippen LogP contribution in [0.3, 0.4) is 0 Å². The van der Waals surface area contributed by atoms with Gasteiger partial charge in [0.25, 0.3) is 5.91 Å². The van der Waals surface area contributed by atoms with Gasteiger partial charge in [0, 0.05) is 32.0 Å². The minimum Gasteiger partial charge on any atom is -0.482 e. The van der Waals surface area contributed by atoms with Gasteiger partial charge in [-0.25, -0.2) is 0 Å². The minimum atomic E-state index is -0.151. The number of hydrogen-bond donors (Lipinski definition) is 1. The van der Waals surface area contributed by atoms with Crippen LogP contribution in [0.2, 0.25) is 5.02 Å².